The highest BCUT2D eigenvalue weighted by Crippen LogP contribution is 2.24. The molecule has 1 saturated heterocycles. The van der Waals surface area contributed by atoms with Crippen molar-refractivity contribution in [2.45, 2.75) is 25.8 Å². The fraction of sp³-hybridized carbons (Fsp3) is 0.320. The van der Waals surface area contributed by atoms with E-state index in [1.54, 1.807) is 33.9 Å². The number of carbonyl (C=O) groups is 3. The van der Waals surface area contributed by atoms with Gasteiger partial charge < -0.3 is 19.5 Å². The van der Waals surface area contributed by atoms with Gasteiger partial charge >= 0.3 is 0 Å². The number of nitrogens with zero attached hydrogens (tertiary/aromatic N) is 2. The van der Waals surface area contributed by atoms with Crippen molar-refractivity contribution < 1.29 is 19.1 Å². The normalized spacial score (nSPS) is 13.7. The number of nitrogens with one attached hydrogen (secondary N) is 1. The highest BCUT2D eigenvalue weighted by molar-refractivity contribution is 6.44. The number of likely N-dealkylation sites (tertiary alicyclic amines) is 1. The summed E-state index contributed by atoms with van der Waals surface area (Å²) in [7, 11) is 0. The highest BCUT2D eigenvalue weighted by atomic mass is 35.5. The van der Waals surface area contributed by atoms with Crippen LogP contribution in [0.5, 0.6) is 5.75 Å². The molecule has 0 aliphatic carbocycles. The van der Waals surface area contributed by atoms with Gasteiger partial charge in [-0.05, 0) is 37.5 Å². The maximum atomic E-state index is 13.0. The first kappa shape index (κ1) is 22.9. The van der Waals surface area contributed by atoms with Crippen LogP contribution in [0.1, 0.15) is 29.6 Å². The molecule has 33 heavy (non-hydrogen) atoms. The van der Waals surface area contributed by atoms with E-state index in [0.29, 0.717) is 41.4 Å². The number of amides is 2. The van der Waals surface area contributed by atoms with Crippen LogP contribution in [-0.2, 0) is 16.1 Å². The monoisotopic (exact) mass is 467 g/mol. The van der Waals surface area contributed by atoms with Crippen molar-refractivity contribution in [3.8, 4) is 5.75 Å². The molecule has 172 valence electrons. The van der Waals surface area contributed by atoms with Crippen LogP contribution in [0.4, 0.5) is 0 Å². The minimum Gasteiger partial charge on any atom is -0.490 e. The molecule has 0 atom stereocenters. The van der Waals surface area contributed by atoms with Crippen molar-refractivity contribution in [1.29, 1.82) is 0 Å². The Morgan fingerprint density at radius 3 is 2.48 bits per heavy atom. The van der Waals surface area contributed by atoms with Crippen molar-refractivity contribution in [3.63, 3.8) is 0 Å². The predicted molar refractivity (Wildman–Crippen MR) is 127 cm³/mol. The molecule has 0 unspecified atom stereocenters. The number of ether oxygens (including phenoxy) is 1. The van der Waals surface area contributed by atoms with Crippen LogP contribution in [0.15, 0.2) is 54.7 Å². The van der Waals surface area contributed by atoms with Gasteiger partial charge in [0.15, 0.2) is 0 Å². The number of halogens is 1. The number of Topliss-reactive ketones (excluding diaryl/α,β-unsaturated/α-hetero) is 1. The lowest BCUT2D eigenvalue weighted by Crippen LogP contribution is -2.40. The molecule has 1 aliphatic heterocycles. The van der Waals surface area contributed by atoms with E-state index in [1.165, 1.54) is 0 Å². The number of piperidine rings is 1. The van der Waals surface area contributed by atoms with E-state index < -0.39 is 11.7 Å². The average Bonchev–Trinajstić information content (AvgIpc) is 3.21. The fourth-order valence-electron chi connectivity index (χ4n) is 4.04. The molecular weight excluding hydrogens is 442 g/mol. The zero-order chi connectivity index (χ0) is 23.2. The van der Waals surface area contributed by atoms with E-state index in [4.69, 9.17) is 16.3 Å². The molecule has 0 radical (unpaired) electrons. The third-order valence-electron chi connectivity index (χ3n) is 5.70. The Balaban J connectivity index is 1.40. The summed E-state index contributed by atoms with van der Waals surface area (Å²) in [6, 6.07) is 14.4. The summed E-state index contributed by atoms with van der Waals surface area (Å²) in [5, 5.41) is 3.99. The molecule has 2 amide bonds. The predicted octanol–water partition coefficient (Wildman–Crippen LogP) is 3.69. The first-order chi connectivity index (χ1) is 16.0. The molecule has 4 rings (SSSR count). The number of hydrogen-bond acceptors (Lipinski definition) is 4. The molecule has 1 aliphatic rings. The molecule has 0 bridgehead atoms. The molecule has 0 saturated carbocycles. The van der Waals surface area contributed by atoms with Gasteiger partial charge in [-0.25, -0.2) is 0 Å². The highest BCUT2D eigenvalue weighted by Gasteiger charge is 2.27. The van der Waals surface area contributed by atoms with Gasteiger partial charge in [0.05, 0.1) is 17.1 Å². The van der Waals surface area contributed by atoms with Crippen LogP contribution in [0, 0.1) is 0 Å². The molecule has 2 aromatic carbocycles. The molecular formula is C25H26ClN3O4. The maximum Gasteiger partial charge on any atom is 0.295 e. The summed E-state index contributed by atoms with van der Waals surface area (Å²) in [5.74, 6) is -0.662. The molecule has 1 aromatic heterocycles. The maximum absolute atomic E-state index is 13.0. The molecule has 2 heterocycles. The number of para-hydroxylation sites is 2. The first-order valence-corrected chi connectivity index (χ1v) is 11.5. The quantitative estimate of drug-likeness (QED) is 0.311. The van der Waals surface area contributed by atoms with Gasteiger partial charge in [0.2, 0.25) is 5.91 Å². The number of aromatic nitrogens is 1. The topological polar surface area (TPSA) is 80.6 Å². The van der Waals surface area contributed by atoms with Gasteiger partial charge in [0.25, 0.3) is 11.7 Å². The molecule has 1 fully saturated rings. The average molecular weight is 468 g/mol. The van der Waals surface area contributed by atoms with Gasteiger partial charge in [-0.2, -0.15) is 0 Å². The van der Waals surface area contributed by atoms with Gasteiger partial charge in [0, 0.05) is 30.2 Å². The molecule has 7 nitrogen and oxygen atoms in total. The Kier molecular flexibility index (Phi) is 7.29. The molecule has 0 spiro atoms. The summed E-state index contributed by atoms with van der Waals surface area (Å²) in [5.41, 5.74) is 1.06. The van der Waals surface area contributed by atoms with E-state index >= 15 is 0 Å². The summed E-state index contributed by atoms with van der Waals surface area (Å²) < 4.78 is 7.29. The lowest BCUT2D eigenvalue weighted by Gasteiger charge is -2.25. The zero-order valence-electron chi connectivity index (χ0n) is 18.3. The third-order valence-corrected chi connectivity index (χ3v) is 6.02. The number of ketones is 1. The van der Waals surface area contributed by atoms with Crippen LogP contribution < -0.4 is 10.1 Å². The largest absolute Gasteiger partial charge is 0.490 e. The van der Waals surface area contributed by atoms with E-state index in [2.05, 4.69) is 5.32 Å². The lowest BCUT2D eigenvalue weighted by molar-refractivity contribution is -0.127. The number of rotatable bonds is 8. The minimum atomic E-state index is -0.527. The summed E-state index contributed by atoms with van der Waals surface area (Å²) >= 11 is 6.06. The number of hydrogen-bond donors (Lipinski definition) is 1. The Morgan fingerprint density at radius 2 is 1.70 bits per heavy atom. The lowest BCUT2D eigenvalue weighted by atomic mass is 10.1. The van der Waals surface area contributed by atoms with Crippen LogP contribution in [0.3, 0.4) is 0 Å². The second kappa shape index (κ2) is 10.5. The Labute approximate surface area is 197 Å². The van der Waals surface area contributed by atoms with Crippen LogP contribution in [0.25, 0.3) is 10.9 Å². The number of benzene rings is 2. The second-order valence-electron chi connectivity index (χ2n) is 8.00. The summed E-state index contributed by atoms with van der Waals surface area (Å²) in [6.45, 7) is 1.83. The van der Waals surface area contributed by atoms with Crippen molar-refractivity contribution in [2.75, 3.05) is 26.2 Å². The Hall–Kier alpha value is -3.32. The first-order valence-electron chi connectivity index (χ1n) is 11.1. The smallest absolute Gasteiger partial charge is 0.295 e. The second-order valence-corrected chi connectivity index (χ2v) is 8.41. The van der Waals surface area contributed by atoms with Crippen molar-refractivity contribution in [3.05, 3.63) is 65.3 Å². The van der Waals surface area contributed by atoms with Crippen LogP contribution >= 0.6 is 11.6 Å². The van der Waals surface area contributed by atoms with E-state index in [1.807, 2.05) is 30.3 Å². The minimum absolute atomic E-state index is 0.0256. The van der Waals surface area contributed by atoms with Crippen molar-refractivity contribution >= 4 is 40.1 Å². The van der Waals surface area contributed by atoms with Crippen molar-refractivity contribution in [2.24, 2.45) is 0 Å². The fourth-order valence-corrected chi connectivity index (χ4v) is 4.23. The van der Waals surface area contributed by atoms with Gasteiger partial charge in [-0.3, -0.25) is 14.4 Å². The third kappa shape index (κ3) is 5.37. The van der Waals surface area contributed by atoms with Crippen molar-refractivity contribution in [1.82, 2.24) is 14.8 Å². The number of carbonyl (C=O) groups excluding carboxylic acids is 3. The van der Waals surface area contributed by atoms with Gasteiger partial charge in [0.1, 0.15) is 18.9 Å². The molecule has 8 heteroatoms. The Morgan fingerprint density at radius 1 is 0.970 bits per heavy atom. The molecule has 3 aromatic rings. The SMILES string of the molecule is O=C(Cn1cc(C(=O)C(=O)N2CCCCC2)c2ccccc21)NCCOc1ccccc1Cl. The Bertz CT molecular complexity index is 1170. The van der Waals surface area contributed by atoms with Gasteiger partial charge in [-0.1, -0.05) is 41.9 Å². The van der Waals surface area contributed by atoms with E-state index in [-0.39, 0.29) is 19.1 Å². The summed E-state index contributed by atoms with van der Waals surface area (Å²) in [6.07, 6.45) is 4.52. The van der Waals surface area contributed by atoms with Crippen LogP contribution in [-0.4, -0.2) is 53.3 Å². The standard InChI is InChI=1S/C25H26ClN3O4/c26-20-9-3-5-11-22(20)33-15-12-27-23(30)17-29-16-19(18-8-2-4-10-21(18)29)24(31)25(32)28-13-6-1-7-14-28/h2-5,8-11,16H,1,6-7,12-15,17H2,(H,27,30). The van der Waals surface area contributed by atoms with Crippen LogP contribution in [0.2, 0.25) is 5.02 Å². The number of fused-ring (bicyclic) bond motifs is 1. The summed E-state index contributed by atoms with van der Waals surface area (Å²) in [4.78, 5) is 39.9. The van der Waals surface area contributed by atoms with E-state index in [9.17, 15) is 14.4 Å². The van der Waals surface area contributed by atoms with Gasteiger partial charge in [-0.15, -0.1) is 0 Å². The molecule has 1 N–H and O–H groups in total. The zero-order valence-corrected chi connectivity index (χ0v) is 19.0. The van der Waals surface area contributed by atoms with E-state index in [0.717, 1.165) is 24.8 Å².